The van der Waals surface area contributed by atoms with Crippen LogP contribution in [-0.2, 0) is 10.3 Å². The van der Waals surface area contributed by atoms with Crippen molar-refractivity contribution in [3.05, 3.63) is 30.1 Å². The lowest BCUT2D eigenvalue weighted by Gasteiger charge is -2.31. The molecular formula is C11H14N2O. The summed E-state index contributed by atoms with van der Waals surface area (Å²) in [5.74, 6) is 0. The summed E-state index contributed by atoms with van der Waals surface area (Å²) in [4.78, 5) is 4.01. The molecular weight excluding hydrogens is 176 g/mol. The van der Waals surface area contributed by atoms with Crippen LogP contribution >= 0.6 is 0 Å². The van der Waals surface area contributed by atoms with Gasteiger partial charge in [0, 0.05) is 12.4 Å². The van der Waals surface area contributed by atoms with Gasteiger partial charge < -0.3 is 10.5 Å². The molecule has 3 rings (SSSR count). The van der Waals surface area contributed by atoms with E-state index in [-0.39, 0.29) is 11.6 Å². The fourth-order valence-electron chi connectivity index (χ4n) is 2.71. The van der Waals surface area contributed by atoms with E-state index in [0.29, 0.717) is 6.10 Å². The molecule has 14 heavy (non-hydrogen) atoms. The van der Waals surface area contributed by atoms with Gasteiger partial charge in [0.25, 0.3) is 0 Å². The van der Waals surface area contributed by atoms with E-state index in [2.05, 4.69) is 4.98 Å². The average Bonchev–Trinajstić information content (AvgIpc) is 2.79. The Morgan fingerprint density at radius 2 is 2.14 bits per heavy atom. The molecule has 3 unspecified atom stereocenters. The maximum atomic E-state index is 6.41. The van der Waals surface area contributed by atoms with E-state index < -0.39 is 0 Å². The number of nitrogens with zero attached hydrogens (tertiary/aromatic N) is 1. The van der Waals surface area contributed by atoms with Gasteiger partial charge in [-0.05, 0) is 37.0 Å². The van der Waals surface area contributed by atoms with Crippen LogP contribution < -0.4 is 5.73 Å². The minimum absolute atomic E-state index is 0.217. The predicted octanol–water partition coefficient (Wildman–Crippen LogP) is 1.19. The largest absolute Gasteiger partial charge is 0.373 e. The molecule has 2 fully saturated rings. The third-order valence-electron chi connectivity index (χ3n) is 3.47. The fraction of sp³-hybridized carbons (Fsp3) is 0.545. The summed E-state index contributed by atoms with van der Waals surface area (Å²) in [6.07, 6.45) is 7.44. The van der Waals surface area contributed by atoms with Gasteiger partial charge in [0.2, 0.25) is 0 Å². The fourth-order valence-corrected chi connectivity index (χ4v) is 2.71. The van der Waals surface area contributed by atoms with Crippen molar-refractivity contribution in [1.29, 1.82) is 0 Å². The lowest BCUT2D eigenvalue weighted by Crippen LogP contribution is -2.45. The molecule has 74 valence electrons. The van der Waals surface area contributed by atoms with Crippen molar-refractivity contribution in [2.75, 3.05) is 0 Å². The van der Waals surface area contributed by atoms with Gasteiger partial charge in [-0.1, -0.05) is 0 Å². The number of pyridine rings is 1. The number of hydrogen-bond donors (Lipinski definition) is 1. The summed E-state index contributed by atoms with van der Waals surface area (Å²) >= 11 is 0. The molecule has 0 radical (unpaired) electrons. The first-order chi connectivity index (χ1) is 6.79. The second kappa shape index (κ2) is 2.78. The highest BCUT2D eigenvalue weighted by molar-refractivity contribution is 5.26. The second-order valence-electron chi connectivity index (χ2n) is 4.30. The van der Waals surface area contributed by atoms with Gasteiger partial charge in [0.1, 0.15) is 0 Å². The molecule has 3 heteroatoms. The molecule has 3 atom stereocenters. The van der Waals surface area contributed by atoms with Gasteiger partial charge in [-0.25, -0.2) is 0 Å². The zero-order valence-corrected chi connectivity index (χ0v) is 8.02. The molecule has 2 saturated heterocycles. The molecule has 2 bridgehead atoms. The Morgan fingerprint density at radius 3 is 2.71 bits per heavy atom. The molecule has 0 saturated carbocycles. The molecule has 2 aliphatic rings. The Labute approximate surface area is 83.3 Å². The van der Waals surface area contributed by atoms with Gasteiger partial charge in [0.05, 0.1) is 17.7 Å². The Hall–Kier alpha value is -0.930. The van der Waals surface area contributed by atoms with Crippen LogP contribution in [0.1, 0.15) is 24.8 Å². The zero-order valence-electron chi connectivity index (χ0n) is 8.02. The Kier molecular flexibility index (Phi) is 1.66. The van der Waals surface area contributed by atoms with Crippen LogP contribution in [0.4, 0.5) is 0 Å². The smallest absolute Gasteiger partial charge is 0.0802 e. The summed E-state index contributed by atoms with van der Waals surface area (Å²) in [6, 6.07) is 4.01. The maximum Gasteiger partial charge on any atom is 0.0802 e. The van der Waals surface area contributed by atoms with E-state index in [4.69, 9.17) is 10.5 Å². The lowest BCUT2D eigenvalue weighted by molar-refractivity contribution is 0.0853. The molecule has 2 N–H and O–H groups in total. The van der Waals surface area contributed by atoms with Crippen LogP contribution in [0.5, 0.6) is 0 Å². The number of ether oxygens (including phenoxy) is 1. The van der Waals surface area contributed by atoms with Crippen molar-refractivity contribution < 1.29 is 4.74 Å². The van der Waals surface area contributed by atoms with Gasteiger partial charge in [0.15, 0.2) is 0 Å². The van der Waals surface area contributed by atoms with E-state index in [1.807, 2.05) is 12.1 Å². The van der Waals surface area contributed by atoms with E-state index in [0.717, 1.165) is 12.8 Å². The van der Waals surface area contributed by atoms with Gasteiger partial charge in [-0.3, -0.25) is 4.98 Å². The minimum atomic E-state index is -0.258. The molecule has 0 aliphatic carbocycles. The van der Waals surface area contributed by atoms with Gasteiger partial charge in [-0.15, -0.1) is 0 Å². The lowest BCUT2D eigenvalue weighted by atomic mass is 9.78. The Balaban J connectivity index is 1.98. The SMILES string of the molecule is NC1(c2ccncc2)CC2CCC1O2. The van der Waals surface area contributed by atoms with Crippen molar-refractivity contribution in [2.45, 2.75) is 37.0 Å². The molecule has 0 aromatic carbocycles. The van der Waals surface area contributed by atoms with Crippen molar-refractivity contribution in [2.24, 2.45) is 5.73 Å². The summed E-state index contributed by atoms with van der Waals surface area (Å²) in [6.45, 7) is 0. The van der Waals surface area contributed by atoms with E-state index >= 15 is 0 Å². The molecule has 3 nitrogen and oxygen atoms in total. The summed E-state index contributed by atoms with van der Waals surface area (Å²) in [7, 11) is 0. The number of aromatic nitrogens is 1. The third kappa shape index (κ3) is 1.03. The Morgan fingerprint density at radius 1 is 1.36 bits per heavy atom. The molecule has 0 spiro atoms. The quantitative estimate of drug-likeness (QED) is 0.723. The highest BCUT2D eigenvalue weighted by Gasteiger charge is 2.50. The first kappa shape index (κ1) is 8.38. The summed E-state index contributed by atoms with van der Waals surface area (Å²) in [5.41, 5.74) is 7.32. The van der Waals surface area contributed by atoms with Crippen LogP contribution in [0.2, 0.25) is 0 Å². The van der Waals surface area contributed by atoms with E-state index in [1.54, 1.807) is 12.4 Å². The monoisotopic (exact) mass is 190 g/mol. The number of rotatable bonds is 1. The van der Waals surface area contributed by atoms with Crippen LogP contribution in [0.25, 0.3) is 0 Å². The third-order valence-corrected chi connectivity index (χ3v) is 3.47. The minimum Gasteiger partial charge on any atom is -0.373 e. The first-order valence-electron chi connectivity index (χ1n) is 5.14. The van der Waals surface area contributed by atoms with E-state index in [9.17, 15) is 0 Å². The zero-order chi connectivity index (χ0) is 9.60. The van der Waals surface area contributed by atoms with Crippen LogP contribution in [0, 0.1) is 0 Å². The van der Waals surface area contributed by atoms with Crippen molar-refractivity contribution in [1.82, 2.24) is 4.98 Å². The second-order valence-corrected chi connectivity index (χ2v) is 4.30. The number of hydrogen-bond acceptors (Lipinski definition) is 3. The van der Waals surface area contributed by atoms with E-state index in [1.165, 1.54) is 12.0 Å². The Bertz CT molecular complexity index is 340. The van der Waals surface area contributed by atoms with Crippen LogP contribution in [0.3, 0.4) is 0 Å². The highest BCUT2D eigenvalue weighted by atomic mass is 16.5. The summed E-state index contributed by atoms with van der Waals surface area (Å²) in [5, 5.41) is 0. The maximum absolute atomic E-state index is 6.41. The first-order valence-corrected chi connectivity index (χ1v) is 5.14. The predicted molar refractivity (Wildman–Crippen MR) is 52.6 cm³/mol. The average molecular weight is 190 g/mol. The van der Waals surface area contributed by atoms with Gasteiger partial charge in [-0.2, -0.15) is 0 Å². The summed E-state index contributed by atoms with van der Waals surface area (Å²) < 4.78 is 5.80. The molecule has 1 aromatic rings. The van der Waals surface area contributed by atoms with Crippen molar-refractivity contribution >= 4 is 0 Å². The topological polar surface area (TPSA) is 48.1 Å². The van der Waals surface area contributed by atoms with Crippen molar-refractivity contribution in [3.8, 4) is 0 Å². The van der Waals surface area contributed by atoms with Crippen molar-refractivity contribution in [3.63, 3.8) is 0 Å². The molecule has 0 amide bonds. The standard InChI is InChI=1S/C11H14N2O/c12-11(8-3-5-13-6-4-8)7-9-1-2-10(11)14-9/h3-6,9-10H,1-2,7,12H2. The highest BCUT2D eigenvalue weighted by Crippen LogP contribution is 2.45. The number of nitrogens with two attached hydrogens (primary N) is 1. The van der Waals surface area contributed by atoms with Gasteiger partial charge >= 0.3 is 0 Å². The molecule has 1 aromatic heterocycles. The normalized spacial score (nSPS) is 40.4. The molecule has 3 heterocycles. The number of fused-ring (bicyclic) bond motifs is 2. The van der Waals surface area contributed by atoms with Crippen LogP contribution in [-0.4, -0.2) is 17.2 Å². The van der Waals surface area contributed by atoms with Crippen LogP contribution in [0.15, 0.2) is 24.5 Å². The molecule has 2 aliphatic heterocycles.